The summed E-state index contributed by atoms with van der Waals surface area (Å²) in [7, 11) is 1.73. The van der Waals surface area contributed by atoms with Crippen molar-refractivity contribution < 1.29 is 24.4 Å². The summed E-state index contributed by atoms with van der Waals surface area (Å²) in [5, 5.41) is 17.3. The maximum Gasteiger partial charge on any atom is 0.349 e. The van der Waals surface area contributed by atoms with Crippen LogP contribution in [0.2, 0.25) is 0 Å². The summed E-state index contributed by atoms with van der Waals surface area (Å²) in [5.41, 5.74) is 0. The van der Waals surface area contributed by atoms with E-state index >= 15 is 0 Å². The van der Waals surface area contributed by atoms with E-state index in [2.05, 4.69) is 0 Å². The van der Waals surface area contributed by atoms with Crippen molar-refractivity contribution in [2.24, 2.45) is 7.05 Å². The molecule has 2 N–H and O–H groups in total. The Morgan fingerprint density at radius 3 is 2.50 bits per heavy atom. The number of rotatable bonds is 4. The monoisotopic (exact) mass is 199 g/mol. The number of hydrogen-bond donors (Lipinski definition) is 2. The average molecular weight is 199 g/mol. The molecule has 1 aromatic heterocycles. The highest BCUT2D eigenvalue weighted by atomic mass is 16.4. The molecule has 1 aromatic rings. The minimum absolute atomic E-state index is 0.427. The van der Waals surface area contributed by atoms with E-state index in [1.54, 1.807) is 17.8 Å². The van der Waals surface area contributed by atoms with Gasteiger partial charge in [-0.05, 0) is 0 Å². The van der Waals surface area contributed by atoms with Gasteiger partial charge in [-0.25, -0.2) is 13.9 Å². The summed E-state index contributed by atoms with van der Waals surface area (Å²) < 4.78 is 3.01. The summed E-state index contributed by atoms with van der Waals surface area (Å²) in [6.07, 6.45) is 4.28. The zero-order chi connectivity index (χ0) is 10.7. The minimum Gasteiger partial charge on any atom is -0.481 e. The lowest BCUT2D eigenvalue weighted by Crippen LogP contribution is -2.27. The Labute approximate surface area is 80.0 Å². The van der Waals surface area contributed by atoms with Gasteiger partial charge in [0.25, 0.3) is 0 Å². The Morgan fingerprint density at radius 1 is 1.50 bits per heavy atom. The van der Waals surface area contributed by atoms with Gasteiger partial charge in [0.2, 0.25) is 12.4 Å². The molecule has 0 radical (unpaired) electrons. The Kier molecular flexibility index (Phi) is 2.85. The molecule has 76 valence electrons. The van der Waals surface area contributed by atoms with E-state index in [0.717, 1.165) is 0 Å². The molecule has 0 saturated carbocycles. The zero-order valence-electron chi connectivity index (χ0n) is 7.62. The van der Waals surface area contributed by atoms with E-state index in [9.17, 15) is 9.59 Å². The first-order valence-corrected chi connectivity index (χ1v) is 3.98. The molecule has 0 bridgehead atoms. The van der Waals surface area contributed by atoms with Gasteiger partial charge in [0.15, 0.2) is 0 Å². The van der Waals surface area contributed by atoms with Gasteiger partial charge in [-0.3, -0.25) is 4.79 Å². The van der Waals surface area contributed by atoms with E-state index in [4.69, 9.17) is 10.2 Å². The predicted molar refractivity (Wildman–Crippen MR) is 44.5 cm³/mol. The quantitative estimate of drug-likeness (QED) is 0.635. The second-order valence-corrected chi connectivity index (χ2v) is 2.98. The Balaban J connectivity index is 2.88. The molecule has 0 aliphatic rings. The number of imidazole rings is 1. The first kappa shape index (κ1) is 10.2. The Hall–Kier alpha value is -1.85. The van der Waals surface area contributed by atoms with Gasteiger partial charge in [0.1, 0.15) is 12.4 Å². The molecule has 0 aliphatic heterocycles. The normalized spacial score (nSPS) is 12.4. The van der Waals surface area contributed by atoms with Crippen LogP contribution in [0.1, 0.15) is 12.5 Å². The first-order valence-electron chi connectivity index (χ1n) is 3.98. The van der Waals surface area contributed by atoms with Gasteiger partial charge in [-0.2, -0.15) is 0 Å². The molecule has 0 fully saturated rings. The highest BCUT2D eigenvalue weighted by Crippen LogP contribution is 2.10. The van der Waals surface area contributed by atoms with Crippen molar-refractivity contribution in [3.63, 3.8) is 0 Å². The number of nitrogens with zero attached hydrogens (tertiary/aromatic N) is 2. The molecule has 6 heteroatoms. The molecule has 0 unspecified atom stereocenters. The number of hydrogen-bond acceptors (Lipinski definition) is 2. The average Bonchev–Trinajstić information content (AvgIpc) is 2.46. The molecule has 0 aromatic carbocycles. The van der Waals surface area contributed by atoms with Crippen LogP contribution in [0.25, 0.3) is 0 Å². The lowest BCUT2D eigenvalue weighted by atomic mass is 10.2. The maximum absolute atomic E-state index is 10.8. The van der Waals surface area contributed by atoms with Crippen LogP contribution >= 0.6 is 0 Å². The first-order chi connectivity index (χ1) is 6.50. The molecule has 6 nitrogen and oxygen atoms in total. The van der Waals surface area contributed by atoms with E-state index < -0.39 is 24.4 Å². The minimum atomic E-state index is -1.15. The molecule has 1 atom stereocenters. The molecular weight excluding hydrogens is 188 g/mol. The van der Waals surface area contributed by atoms with Crippen LogP contribution in [0.15, 0.2) is 18.7 Å². The molecule has 0 aliphatic carbocycles. The van der Waals surface area contributed by atoms with Gasteiger partial charge < -0.3 is 10.2 Å². The Bertz CT molecular complexity index is 358. The van der Waals surface area contributed by atoms with Crippen molar-refractivity contribution in [3.05, 3.63) is 18.7 Å². The van der Waals surface area contributed by atoms with Gasteiger partial charge >= 0.3 is 11.9 Å². The standard InChI is InChI=1S/C8H10N2O4/c1-9-2-3-10(5-9)6(8(13)14)4-7(11)12/h2-3,5-6H,4H2,1H3,(H-,11,12,13,14)/p+1/t6-/m1/s1. The second kappa shape index (κ2) is 3.91. The summed E-state index contributed by atoms with van der Waals surface area (Å²) in [6, 6.07) is -1.05. The summed E-state index contributed by atoms with van der Waals surface area (Å²) >= 11 is 0. The molecule has 1 rings (SSSR count). The molecular formula is C8H11N2O4+. The van der Waals surface area contributed by atoms with Gasteiger partial charge in [-0.1, -0.05) is 0 Å². The fourth-order valence-electron chi connectivity index (χ4n) is 1.14. The van der Waals surface area contributed by atoms with E-state index in [1.165, 1.54) is 17.1 Å². The molecule has 0 saturated heterocycles. The lowest BCUT2D eigenvalue weighted by molar-refractivity contribution is -0.671. The lowest BCUT2D eigenvalue weighted by Gasteiger charge is -2.04. The highest BCUT2D eigenvalue weighted by molar-refractivity contribution is 5.79. The van der Waals surface area contributed by atoms with Gasteiger partial charge in [0, 0.05) is 0 Å². The van der Waals surface area contributed by atoms with Crippen LogP contribution in [0.3, 0.4) is 0 Å². The topological polar surface area (TPSA) is 83.4 Å². The number of carboxylic acids is 2. The maximum atomic E-state index is 10.8. The Morgan fingerprint density at radius 2 is 2.14 bits per heavy atom. The number of carboxylic acid groups (broad SMARTS) is 2. The van der Waals surface area contributed by atoms with Crippen LogP contribution in [-0.4, -0.2) is 26.7 Å². The SMILES string of the molecule is C[n+]1ccn([C@H](CC(=O)O)C(=O)O)c1. The van der Waals surface area contributed by atoms with Crippen molar-refractivity contribution in [2.75, 3.05) is 0 Å². The summed E-state index contributed by atoms with van der Waals surface area (Å²) in [5.74, 6) is -2.28. The zero-order valence-corrected chi connectivity index (χ0v) is 7.62. The van der Waals surface area contributed by atoms with E-state index in [0.29, 0.717) is 0 Å². The molecule has 0 spiro atoms. The third kappa shape index (κ3) is 2.32. The number of aliphatic carboxylic acids is 2. The second-order valence-electron chi connectivity index (χ2n) is 2.98. The van der Waals surface area contributed by atoms with Crippen LogP contribution in [-0.2, 0) is 16.6 Å². The van der Waals surface area contributed by atoms with E-state index in [1.807, 2.05) is 0 Å². The summed E-state index contributed by atoms with van der Waals surface area (Å²) in [4.78, 5) is 21.2. The molecule has 1 heterocycles. The fourth-order valence-corrected chi connectivity index (χ4v) is 1.14. The highest BCUT2D eigenvalue weighted by Gasteiger charge is 2.27. The largest absolute Gasteiger partial charge is 0.481 e. The third-order valence-electron chi connectivity index (χ3n) is 1.80. The van der Waals surface area contributed by atoms with E-state index in [-0.39, 0.29) is 0 Å². The van der Waals surface area contributed by atoms with Crippen LogP contribution in [0.5, 0.6) is 0 Å². The third-order valence-corrected chi connectivity index (χ3v) is 1.80. The number of aromatic nitrogens is 2. The fraction of sp³-hybridized carbons (Fsp3) is 0.375. The van der Waals surface area contributed by atoms with Crippen molar-refractivity contribution in [2.45, 2.75) is 12.5 Å². The van der Waals surface area contributed by atoms with Gasteiger partial charge in [-0.15, -0.1) is 0 Å². The summed E-state index contributed by atoms with van der Waals surface area (Å²) in [6.45, 7) is 0. The van der Waals surface area contributed by atoms with Crippen molar-refractivity contribution in [1.29, 1.82) is 0 Å². The van der Waals surface area contributed by atoms with Crippen LogP contribution in [0, 0.1) is 0 Å². The number of carbonyl (C=O) groups is 2. The van der Waals surface area contributed by atoms with Crippen LogP contribution < -0.4 is 4.57 Å². The van der Waals surface area contributed by atoms with Crippen molar-refractivity contribution in [1.82, 2.24) is 4.57 Å². The van der Waals surface area contributed by atoms with Gasteiger partial charge in [0.05, 0.1) is 13.5 Å². The van der Waals surface area contributed by atoms with Crippen molar-refractivity contribution in [3.8, 4) is 0 Å². The predicted octanol–water partition coefficient (Wildman–Crippen LogP) is -0.587. The molecule has 0 amide bonds. The molecule has 14 heavy (non-hydrogen) atoms. The van der Waals surface area contributed by atoms with Crippen molar-refractivity contribution >= 4 is 11.9 Å². The number of aryl methyl sites for hydroxylation is 1. The smallest absolute Gasteiger partial charge is 0.349 e. The van der Waals surface area contributed by atoms with Crippen LogP contribution in [0.4, 0.5) is 0 Å².